The summed E-state index contributed by atoms with van der Waals surface area (Å²) in [6.07, 6.45) is 3.58. The van der Waals surface area contributed by atoms with Crippen molar-refractivity contribution in [3.8, 4) is 0 Å². The monoisotopic (exact) mass is 767 g/mol. The van der Waals surface area contributed by atoms with Crippen molar-refractivity contribution >= 4 is 41.3 Å². The molecule has 0 aliphatic carbocycles. The van der Waals surface area contributed by atoms with Crippen molar-refractivity contribution in [1.29, 1.82) is 0 Å². The third kappa shape index (κ3) is 16.0. The molecular formula is C23H34IN4O2S2Y2-3. The molecule has 0 aliphatic rings. The summed E-state index contributed by atoms with van der Waals surface area (Å²) in [5.74, 6) is 3.12. The minimum atomic E-state index is -0.543. The van der Waals surface area contributed by atoms with Crippen molar-refractivity contribution in [2.75, 3.05) is 22.7 Å². The molecule has 0 aliphatic heterocycles. The van der Waals surface area contributed by atoms with Gasteiger partial charge in [-0.1, -0.05) is 0 Å². The number of rotatable bonds is 6. The maximum atomic E-state index is 11.9. The minimum absolute atomic E-state index is 0. The number of amides is 1. The molecule has 34 heavy (non-hydrogen) atoms. The zero-order valence-corrected chi connectivity index (χ0v) is 30.6. The smallest absolute Gasteiger partial charge is 0.385 e. The van der Waals surface area contributed by atoms with Crippen LogP contribution in [-0.2, 0) is 81.7 Å². The molecular weight excluding hydrogens is 733 g/mol. The van der Waals surface area contributed by atoms with E-state index in [0.717, 1.165) is 34.3 Å². The number of nitrogens with zero attached hydrogens (tertiary/aromatic N) is 3. The van der Waals surface area contributed by atoms with Gasteiger partial charge in [0, 0.05) is 76.9 Å². The first-order valence-corrected chi connectivity index (χ1v) is 12.6. The van der Waals surface area contributed by atoms with Crippen LogP contribution in [0.5, 0.6) is 0 Å². The molecule has 0 spiro atoms. The molecule has 0 fully saturated rings. The van der Waals surface area contributed by atoms with Gasteiger partial charge in [0.25, 0.3) is 0 Å². The van der Waals surface area contributed by atoms with Crippen LogP contribution >= 0.6 is 23.5 Å². The second-order valence-corrected chi connectivity index (χ2v) is 9.70. The van der Waals surface area contributed by atoms with Crippen LogP contribution in [0.1, 0.15) is 43.3 Å². The number of carbonyl (C=O) groups is 1. The molecule has 1 N–H and O–H groups in total. The van der Waals surface area contributed by atoms with E-state index in [1.54, 1.807) is 23.5 Å². The van der Waals surface area contributed by atoms with Gasteiger partial charge in [-0.2, -0.15) is 23.5 Å². The molecule has 6 nitrogen and oxygen atoms in total. The van der Waals surface area contributed by atoms with Crippen molar-refractivity contribution in [2.45, 2.75) is 51.7 Å². The van der Waals surface area contributed by atoms with Gasteiger partial charge in [0.1, 0.15) is 11.4 Å². The maximum Gasteiger partial charge on any atom is 0.385 e. The Bertz CT molecular complexity index is 871. The fourth-order valence-corrected chi connectivity index (χ4v) is 3.43. The van der Waals surface area contributed by atoms with Gasteiger partial charge in [-0.3, -0.25) is 7.05 Å². The quantitative estimate of drug-likeness (QED) is 0.358. The Morgan fingerprint density at radius 3 is 1.91 bits per heavy atom. The van der Waals surface area contributed by atoms with Crippen molar-refractivity contribution in [2.24, 2.45) is 0 Å². The van der Waals surface area contributed by atoms with Gasteiger partial charge in [-0.05, 0) is 82.5 Å². The molecule has 2 aromatic heterocycles. The van der Waals surface area contributed by atoms with Crippen LogP contribution in [0.25, 0.3) is 0 Å². The van der Waals surface area contributed by atoms with E-state index in [0.29, 0.717) is 5.82 Å². The topological polar surface area (TPSA) is 67.4 Å². The van der Waals surface area contributed by atoms with Crippen LogP contribution in [0, 0.1) is 27.9 Å². The molecule has 0 aromatic carbocycles. The summed E-state index contributed by atoms with van der Waals surface area (Å²) in [4.78, 5) is 21.9. The Morgan fingerprint density at radius 1 is 1.00 bits per heavy atom. The second-order valence-electron chi connectivity index (χ2n) is 7.97. The third-order valence-electron chi connectivity index (χ3n) is 3.69. The first-order chi connectivity index (χ1) is 14.5. The standard InChI is InChI=1S/C14H21N2O2S.C9H13N2S.HI.2Y/c1-10-7-11(9-19-6)15-12(8-10)16(5)13(17)18-14(2,3)4;1-7-4-8(6-12-3)11-9(5-7)10-2;;;/h7-8H,5,9H2,1-4,6H3;4-5H,2,6H2,1,3H3,(H,10,11);1H;;/q2*-1;;;/p-1. The number of aryl methyl sites for hydroxylation is 2. The number of carbonyl (C=O) groups excluding carboxylic acids is 1. The predicted molar refractivity (Wildman–Crippen MR) is 135 cm³/mol. The molecule has 186 valence electrons. The van der Waals surface area contributed by atoms with Gasteiger partial charge in [0.15, 0.2) is 0 Å². The van der Waals surface area contributed by atoms with Crippen LogP contribution in [0.4, 0.5) is 16.4 Å². The van der Waals surface area contributed by atoms with E-state index >= 15 is 0 Å². The second kappa shape index (κ2) is 20.0. The Balaban J connectivity index is -0.000000562. The molecule has 0 atom stereocenters. The number of nitrogens with one attached hydrogen (secondary N) is 1. The number of hydrogen-bond donors (Lipinski definition) is 1. The number of aromatic nitrogens is 2. The molecule has 11 heteroatoms. The van der Waals surface area contributed by atoms with Crippen molar-refractivity contribution in [3.63, 3.8) is 0 Å². The summed E-state index contributed by atoms with van der Waals surface area (Å²) in [7, 11) is 7.30. The van der Waals surface area contributed by atoms with Crippen molar-refractivity contribution in [1.82, 2.24) is 9.97 Å². The van der Waals surface area contributed by atoms with Crippen LogP contribution in [0.2, 0.25) is 0 Å². The number of anilines is 2. The van der Waals surface area contributed by atoms with E-state index in [-0.39, 0.29) is 89.4 Å². The summed E-state index contributed by atoms with van der Waals surface area (Å²) in [5.41, 5.74) is 3.76. The van der Waals surface area contributed by atoms with Gasteiger partial charge in [0.2, 0.25) is 0 Å². The number of hydrogen-bond acceptors (Lipinski definition) is 7. The first-order valence-electron chi connectivity index (χ1n) is 9.78. The van der Waals surface area contributed by atoms with Crippen LogP contribution in [0.3, 0.4) is 0 Å². The predicted octanol–water partition coefficient (Wildman–Crippen LogP) is 3.24. The third-order valence-corrected chi connectivity index (χ3v) is 4.86. The van der Waals surface area contributed by atoms with Gasteiger partial charge < -0.3 is 38.9 Å². The average molecular weight is 767 g/mol. The van der Waals surface area contributed by atoms with E-state index in [4.69, 9.17) is 4.74 Å². The Kier molecular flexibility index (Phi) is 23.3. The molecule has 0 unspecified atom stereocenters. The van der Waals surface area contributed by atoms with Crippen LogP contribution in [-0.4, -0.2) is 34.2 Å². The molecule has 2 radical (unpaired) electrons. The van der Waals surface area contributed by atoms with Crippen LogP contribution in [0.15, 0.2) is 24.3 Å². The number of pyridine rings is 2. The van der Waals surface area contributed by atoms with E-state index in [1.165, 1.54) is 10.5 Å². The van der Waals surface area contributed by atoms with E-state index in [1.807, 2.05) is 52.1 Å². The van der Waals surface area contributed by atoms with Crippen molar-refractivity contribution < 1.29 is 98.9 Å². The molecule has 2 heterocycles. The fraction of sp³-hybridized carbons (Fsp3) is 0.435. The van der Waals surface area contributed by atoms with Crippen molar-refractivity contribution in [3.05, 3.63) is 60.9 Å². The summed E-state index contributed by atoms with van der Waals surface area (Å²) in [5, 5.41) is 2.80. The largest absolute Gasteiger partial charge is 1.00 e. The van der Waals surface area contributed by atoms with Gasteiger partial charge in [-0.15, -0.1) is 0 Å². The minimum Gasteiger partial charge on any atom is -1.00 e. The Morgan fingerprint density at radius 2 is 1.47 bits per heavy atom. The SMILES string of the molecule is [CH2-]N(C(=O)OC(C)(C)C)c1cc(C)cc(CSC)n1.[CH2-]Nc1cc(C)cc(CSC)n1.[I-].[Y].[Y]. The summed E-state index contributed by atoms with van der Waals surface area (Å²) >= 11 is 3.46. The van der Waals surface area contributed by atoms with E-state index in [9.17, 15) is 4.79 Å². The Hall–Kier alpha value is 1.01. The molecule has 2 rings (SSSR count). The zero-order chi connectivity index (χ0) is 23.6. The normalized spacial score (nSPS) is 9.79. The van der Waals surface area contributed by atoms with Gasteiger partial charge >= 0.3 is 6.09 Å². The molecule has 0 saturated carbocycles. The maximum absolute atomic E-state index is 11.9. The number of thioether (sulfide) groups is 2. The fourth-order valence-electron chi connectivity index (χ4n) is 2.54. The van der Waals surface area contributed by atoms with E-state index < -0.39 is 11.7 Å². The van der Waals surface area contributed by atoms with Crippen LogP contribution < -0.4 is 34.2 Å². The Labute approximate surface area is 281 Å². The number of halogens is 1. The average Bonchev–Trinajstić information content (AvgIpc) is 2.66. The summed E-state index contributed by atoms with van der Waals surface area (Å²) in [6.45, 7) is 9.50. The summed E-state index contributed by atoms with van der Waals surface area (Å²) in [6, 6.07) is 7.90. The molecule has 1 amide bonds. The zero-order valence-electron chi connectivity index (χ0n) is 21.1. The van der Waals surface area contributed by atoms with E-state index in [2.05, 4.69) is 48.6 Å². The van der Waals surface area contributed by atoms with Gasteiger partial charge in [0.05, 0.1) is 17.2 Å². The summed E-state index contributed by atoms with van der Waals surface area (Å²) < 4.78 is 5.27. The molecule has 0 bridgehead atoms. The first kappa shape index (κ1) is 39.5. The molecule has 0 saturated heterocycles. The van der Waals surface area contributed by atoms with Gasteiger partial charge in [-0.25, -0.2) is 21.8 Å². The number of ether oxygens (including phenoxy) is 1. The molecule has 2 aromatic rings.